The van der Waals surface area contributed by atoms with Gasteiger partial charge in [0.15, 0.2) is 11.5 Å². The molecule has 0 spiro atoms. The van der Waals surface area contributed by atoms with Crippen LogP contribution < -0.4 is 4.74 Å². The number of rotatable bonds is 0. The maximum atomic E-state index is 5.71. The van der Waals surface area contributed by atoms with Crippen LogP contribution in [-0.2, 0) is 0 Å². The van der Waals surface area contributed by atoms with Gasteiger partial charge in [0, 0.05) is 0 Å². The number of benzene rings is 2. The van der Waals surface area contributed by atoms with Gasteiger partial charge in [0.25, 0.3) is 0 Å². The summed E-state index contributed by atoms with van der Waals surface area (Å²) in [5, 5.41) is 8.26. The predicted molar refractivity (Wildman–Crippen MR) is 57.1 cm³/mol. The van der Waals surface area contributed by atoms with E-state index in [2.05, 4.69) is 10.2 Å². The van der Waals surface area contributed by atoms with Crippen LogP contribution in [0.3, 0.4) is 0 Å². The Labute approximate surface area is 87.0 Å². The molecule has 0 saturated heterocycles. The van der Waals surface area contributed by atoms with E-state index < -0.39 is 0 Å². The fourth-order valence-corrected chi connectivity index (χ4v) is 1.48. The van der Waals surface area contributed by atoms with Gasteiger partial charge in [-0.1, -0.05) is 24.3 Å². The van der Waals surface area contributed by atoms with E-state index >= 15 is 0 Å². The first-order valence-electron chi connectivity index (χ1n) is 4.71. The summed E-state index contributed by atoms with van der Waals surface area (Å²) in [6.45, 7) is 0. The van der Waals surface area contributed by atoms with Crippen LogP contribution in [0.1, 0.15) is 0 Å². The second kappa shape index (κ2) is 3.20. The summed E-state index contributed by atoms with van der Waals surface area (Å²) >= 11 is 0. The largest absolute Gasteiger partial charge is 0.453 e. The van der Waals surface area contributed by atoms with Crippen molar-refractivity contribution in [1.82, 2.24) is 0 Å². The van der Waals surface area contributed by atoms with E-state index in [-0.39, 0.29) is 0 Å². The molecule has 0 radical (unpaired) electrons. The first-order valence-corrected chi connectivity index (χ1v) is 4.71. The molecule has 0 bridgehead atoms. The molecule has 72 valence electrons. The van der Waals surface area contributed by atoms with Crippen LogP contribution in [-0.4, -0.2) is 0 Å². The topological polar surface area (TPSA) is 34.0 Å². The Kier molecular flexibility index (Phi) is 1.75. The summed E-state index contributed by atoms with van der Waals surface area (Å²) in [5.41, 5.74) is 1.52. The quantitative estimate of drug-likeness (QED) is 0.530. The third-order valence-corrected chi connectivity index (χ3v) is 2.22. The fraction of sp³-hybridized carbons (Fsp3) is 0. The zero-order chi connectivity index (χ0) is 10.1. The number of hydrogen-bond acceptors (Lipinski definition) is 3. The number of nitrogens with zero attached hydrogens (tertiary/aromatic N) is 2. The molecule has 2 aromatic carbocycles. The van der Waals surface area contributed by atoms with Crippen molar-refractivity contribution in [3.63, 3.8) is 0 Å². The fourth-order valence-electron chi connectivity index (χ4n) is 1.48. The Balaban J connectivity index is 2.19. The Morgan fingerprint density at radius 1 is 0.667 bits per heavy atom. The van der Waals surface area contributed by atoms with Crippen LogP contribution >= 0.6 is 0 Å². The Hall–Kier alpha value is -2.16. The lowest BCUT2D eigenvalue weighted by Gasteiger charge is -2.05. The lowest BCUT2D eigenvalue weighted by molar-refractivity contribution is 0.488. The molecule has 0 fully saturated rings. The second-order valence-corrected chi connectivity index (χ2v) is 3.24. The van der Waals surface area contributed by atoms with Gasteiger partial charge < -0.3 is 4.74 Å². The highest BCUT2D eigenvalue weighted by atomic mass is 16.5. The average molecular weight is 196 g/mol. The first-order chi connectivity index (χ1) is 7.43. The predicted octanol–water partition coefficient (Wildman–Crippen LogP) is 4.21. The maximum absolute atomic E-state index is 5.71. The third kappa shape index (κ3) is 1.38. The van der Waals surface area contributed by atoms with Gasteiger partial charge in [-0.2, -0.15) is 0 Å². The number of fused-ring (bicyclic) bond motifs is 2. The van der Waals surface area contributed by atoms with Gasteiger partial charge in [0.05, 0.1) is 0 Å². The molecule has 2 aromatic rings. The van der Waals surface area contributed by atoms with Crippen molar-refractivity contribution < 1.29 is 4.74 Å². The molecule has 0 aliphatic carbocycles. The van der Waals surface area contributed by atoms with Crippen molar-refractivity contribution in [3.8, 4) is 11.5 Å². The van der Waals surface area contributed by atoms with Gasteiger partial charge >= 0.3 is 0 Å². The van der Waals surface area contributed by atoms with Gasteiger partial charge in [-0.15, -0.1) is 10.2 Å². The van der Waals surface area contributed by atoms with Crippen molar-refractivity contribution in [1.29, 1.82) is 0 Å². The van der Waals surface area contributed by atoms with E-state index in [0.717, 1.165) is 22.9 Å². The summed E-state index contributed by atoms with van der Waals surface area (Å²) < 4.78 is 5.71. The molecule has 3 heteroatoms. The van der Waals surface area contributed by atoms with Crippen LogP contribution in [0.4, 0.5) is 11.4 Å². The highest BCUT2D eigenvalue weighted by Crippen LogP contribution is 2.40. The molecule has 3 nitrogen and oxygen atoms in total. The molecule has 15 heavy (non-hydrogen) atoms. The summed E-state index contributed by atoms with van der Waals surface area (Å²) in [6.07, 6.45) is 0. The average Bonchev–Trinajstić information content (AvgIpc) is 2.48. The van der Waals surface area contributed by atoms with Gasteiger partial charge in [-0.3, -0.25) is 0 Å². The number of ether oxygens (including phenoxy) is 1. The van der Waals surface area contributed by atoms with Crippen molar-refractivity contribution >= 4 is 11.4 Å². The monoisotopic (exact) mass is 196 g/mol. The molecule has 0 unspecified atom stereocenters. The molecule has 0 atom stereocenters. The molecule has 3 rings (SSSR count). The Morgan fingerprint density at radius 3 is 1.67 bits per heavy atom. The van der Waals surface area contributed by atoms with Crippen molar-refractivity contribution in [2.45, 2.75) is 0 Å². The summed E-state index contributed by atoms with van der Waals surface area (Å²) in [4.78, 5) is 0. The zero-order valence-corrected chi connectivity index (χ0v) is 7.92. The van der Waals surface area contributed by atoms with E-state index in [9.17, 15) is 0 Å². The SMILES string of the molecule is c1ccc2c(c1)N=Nc1ccccc1O2. The van der Waals surface area contributed by atoms with E-state index in [0.29, 0.717) is 0 Å². The normalized spacial score (nSPS) is 12.3. The first kappa shape index (κ1) is 8.17. The highest BCUT2D eigenvalue weighted by Gasteiger charge is 2.10. The number of azo groups is 1. The molecular weight excluding hydrogens is 188 g/mol. The minimum Gasteiger partial charge on any atom is -0.453 e. The van der Waals surface area contributed by atoms with Gasteiger partial charge in [-0.25, -0.2) is 0 Å². The standard InChI is InChI=1S/C12H8N2O/c1-3-7-11-9(5-1)13-14-10-6-2-4-8-12(10)15-11/h1-8H. The molecule has 1 aliphatic rings. The van der Waals surface area contributed by atoms with Crippen LogP contribution in [0.5, 0.6) is 11.5 Å². The van der Waals surface area contributed by atoms with Gasteiger partial charge in [0.1, 0.15) is 11.4 Å². The summed E-state index contributed by atoms with van der Waals surface area (Å²) in [7, 11) is 0. The molecule has 0 N–H and O–H groups in total. The molecule has 0 amide bonds. The number of hydrogen-bond donors (Lipinski definition) is 0. The third-order valence-electron chi connectivity index (χ3n) is 2.22. The van der Waals surface area contributed by atoms with Crippen molar-refractivity contribution in [2.75, 3.05) is 0 Å². The minimum absolute atomic E-state index is 0.742. The molecular formula is C12H8N2O. The molecule has 1 heterocycles. The molecule has 0 saturated carbocycles. The van der Waals surface area contributed by atoms with Gasteiger partial charge in [0.2, 0.25) is 0 Å². The zero-order valence-electron chi connectivity index (χ0n) is 7.92. The van der Waals surface area contributed by atoms with E-state index in [1.807, 2.05) is 48.5 Å². The Morgan fingerprint density at radius 2 is 1.13 bits per heavy atom. The summed E-state index contributed by atoms with van der Waals surface area (Å²) in [6, 6.07) is 15.2. The lowest BCUT2D eigenvalue weighted by atomic mass is 10.3. The highest BCUT2D eigenvalue weighted by molar-refractivity contribution is 5.60. The maximum Gasteiger partial charge on any atom is 0.155 e. The van der Waals surface area contributed by atoms with E-state index in [1.54, 1.807) is 0 Å². The smallest absolute Gasteiger partial charge is 0.155 e. The van der Waals surface area contributed by atoms with E-state index in [4.69, 9.17) is 4.74 Å². The van der Waals surface area contributed by atoms with Crippen LogP contribution in [0, 0.1) is 0 Å². The molecule has 1 aliphatic heterocycles. The van der Waals surface area contributed by atoms with Crippen LogP contribution in [0.2, 0.25) is 0 Å². The minimum atomic E-state index is 0.742. The summed E-state index contributed by atoms with van der Waals surface area (Å²) in [5.74, 6) is 1.48. The number of para-hydroxylation sites is 2. The lowest BCUT2D eigenvalue weighted by Crippen LogP contribution is -1.82. The Bertz CT molecular complexity index is 487. The molecule has 0 aromatic heterocycles. The van der Waals surface area contributed by atoms with Crippen molar-refractivity contribution in [3.05, 3.63) is 48.5 Å². The van der Waals surface area contributed by atoms with Crippen LogP contribution in [0.15, 0.2) is 58.8 Å². The second-order valence-electron chi connectivity index (χ2n) is 3.24. The van der Waals surface area contributed by atoms with Crippen molar-refractivity contribution in [2.24, 2.45) is 10.2 Å². The van der Waals surface area contributed by atoms with Gasteiger partial charge in [-0.05, 0) is 24.3 Å². The van der Waals surface area contributed by atoms with Crippen LogP contribution in [0.25, 0.3) is 0 Å². The van der Waals surface area contributed by atoms with E-state index in [1.165, 1.54) is 0 Å².